The fourth-order valence-electron chi connectivity index (χ4n) is 18.8. The smallest absolute Gasteiger partial charge is 0.496 e. The van der Waals surface area contributed by atoms with Gasteiger partial charge in [0.25, 0.3) is 0 Å². The van der Waals surface area contributed by atoms with E-state index in [1.807, 2.05) is 279 Å². The van der Waals surface area contributed by atoms with Gasteiger partial charge in [0, 0.05) is 80.8 Å². The van der Waals surface area contributed by atoms with Gasteiger partial charge >= 0.3 is 84.3 Å². The number of pyridine rings is 8. The summed E-state index contributed by atoms with van der Waals surface area (Å²) >= 11 is 0. The Balaban J connectivity index is 0.000000114. The number of fused-ring (bicyclic) bond motifs is 29. The Labute approximate surface area is 906 Å². The molecule has 0 N–H and O–H groups in total. The number of para-hydroxylation sites is 4. The maximum atomic E-state index is 7.72. The van der Waals surface area contributed by atoms with Crippen molar-refractivity contribution in [1.82, 2.24) is 39.9 Å². The zero-order valence-corrected chi connectivity index (χ0v) is 86.1. The summed E-state index contributed by atoms with van der Waals surface area (Å²) in [6.07, 6.45) is 13.6. The molecule has 0 radical (unpaired) electrons. The molecule has 29 rings (SSSR count). The normalized spacial score (nSPS) is 12.1. The summed E-state index contributed by atoms with van der Waals surface area (Å²) in [5, 5.41) is 20.6. The third-order valence-electron chi connectivity index (χ3n) is 25.5. The van der Waals surface area contributed by atoms with E-state index in [0.29, 0.717) is 85.2 Å². The first-order valence-electron chi connectivity index (χ1n) is 49.2. The average Bonchev–Trinajstić information content (AvgIpc) is 1.62. The molecule has 0 atom stereocenters. The summed E-state index contributed by atoms with van der Waals surface area (Å²) in [6, 6.07) is 135. The molecule has 0 saturated carbocycles. The van der Waals surface area contributed by atoms with E-state index in [-0.39, 0.29) is 95.4 Å². The zero-order chi connectivity index (χ0) is 100. The van der Waals surface area contributed by atoms with Crippen LogP contribution >= 0.6 is 0 Å². The van der Waals surface area contributed by atoms with Gasteiger partial charge in [0.1, 0.15) is 22.3 Å². The minimum atomic E-state index is -2.21. The number of aryl methyl sites for hydroxylation is 3. The topological polar surface area (TPSA) is 193 Å². The summed E-state index contributed by atoms with van der Waals surface area (Å²) in [5.41, 5.74) is 16.4. The SMILES string of the molecule is [2H]C([2H])([2H])c1ccc(-c2[c-]c(Oc3[c-]c4c(ccc5cccnc54)c4oc5ccccc5c34)ccc2)nc1.[2H]C([2H])([2H])c1cnc(-c2[c-]c(Oc3[c-]c4c(ccc5cccnc54)c4oc5ccccc5c34)ccc2)cc1C.[Pt+2].[Pt+2].[Pt+2].[Pt+2].[c-]1c(Oc2[c-]c3c(ccc4cccnc43)c3oc4ccccc4c23)cccc1-c1cc2ccccc2cn1.[c-]1c(Oc2[c-]c3c(ccc4cccnc43)c3oc4ccccc4c23)cccc1-c1ccccn1. The fraction of sp³-hybridized carbons (Fsp3) is 0.0236. The van der Waals surface area contributed by atoms with Gasteiger partial charge in [-0.1, -0.05) is 282 Å². The van der Waals surface area contributed by atoms with Crippen molar-refractivity contribution >= 4 is 185 Å². The Hall–Kier alpha value is -16.6. The predicted octanol–water partition coefficient (Wildman–Crippen LogP) is 33.0. The second-order valence-corrected chi connectivity index (χ2v) is 34.4. The van der Waals surface area contributed by atoms with Crippen molar-refractivity contribution in [2.24, 2.45) is 0 Å². The maximum absolute atomic E-state index is 7.72. The first-order chi connectivity index (χ1) is 73.0. The monoisotopic (exact) mass is 2620 g/mol. The number of nitrogens with zero attached hydrogens (tertiary/aromatic N) is 8. The molecule has 0 amide bonds. The van der Waals surface area contributed by atoms with Crippen LogP contribution in [0.2, 0.25) is 0 Å². The summed E-state index contributed by atoms with van der Waals surface area (Å²) < 4.78 is 97.2. The van der Waals surface area contributed by atoms with Crippen LogP contribution in [0.1, 0.15) is 24.9 Å². The van der Waals surface area contributed by atoms with Crippen LogP contribution in [0.15, 0.2) is 401 Å². The van der Waals surface area contributed by atoms with E-state index in [1.165, 1.54) is 12.4 Å². The Kier molecular flexibility index (Phi) is 24.3. The molecule has 17 aromatic carbocycles. The maximum Gasteiger partial charge on any atom is 2.00 e. The molecule has 0 fully saturated rings. The van der Waals surface area contributed by atoms with Crippen molar-refractivity contribution in [1.29, 1.82) is 0 Å². The van der Waals surface area contributed by atoms with Gasteiger partial charge in [-0.05, 0) is 207 Å². The van der Waals surface area contributed by atoms with E-state index in [2.05, 4.69) is 131 Å². The molecule has 0 spiro atoms. The molecule has 708 valence electrons. The summed E-state index contributed by atoms with van der Waals surface area (Å²) in [4.78, 5) is 36.4. The van der Waals surface area contributed by atoms with Crippen molar-refractivity contribution in [3.63, 3.8) is 0 Å². The van der Waals surface area contributed by atoms with Crippen LogP contribution in [0.3, 0.4) is 0 Å². The molecule has 0 bridgehead atoms. The molecular weight excluding hydrogens is 2550 g/mol. The minimum Gasteiger partial charge on any atom is -0.496 e. The van der Waals surface area contributed by atoms with Gasteiger partial charge in [-0.3, -0.25) is 0 Å². The standard InChI is InChI=1S/C34H18N2O2.C32H20N2O2.C31H18N2O2.C30H16N2O2.4Pt/c1-2-8-24-20-36-29(18-22(24)7-1)23-9-5-11-25(17-23)37-31-19-28-26(15-14-21-10-6-16-35-33(21)28)34-32(31)27-12-3-4-13-30(27)38-34;1-19-15-27(34-18-20(19)2)22-7-5-9-23(16-22)35-29-17-26-24(13-12-21-8-6-14-33-31(21)26)32-30(29)25-10-3-4-11-28(25)36-32;1-19-11-14-26(33-18-19)21-6-4-8-22(16-21)34-28-17-25-23(13-12-20-7-5-15-32-30(20)25)31-29(28)24-9-2-3-10-27(24)35-31;1-2-12-26-23(10-1)28-27(33-21-9-5-7-20(17-21)25-11-3-4-15-31-25)18-24-22(30(28)34-26)14-13-19-8-6-16-32-29(19)24;;;;/h1-16,18,20H;3-15,18H,1-2H3;2-15,18H,1H3;1-16H;;;;/q4*-2;4*+2/i;2D3;1D3;;;;;. The Morgan fingerprint density at radius 1 is 0.231 bits per heavy atom. The molecule has 20 heteroatoms. The van der Waals surface area contributed by atoms with Gasteiger partial charge in [-0.25, -0.2) is 0 Å². The third kappa shape index (κ3) is 17.9. The van der Waals surface area contributed by atoms with Crippen LogP contribution < -0.4 is 18.9 Å². The van der Waals surface area contributed by atoms with E-state index < -0.39 is 13.7 Å². The summed E-state index contributed by atoms with van der Waals surface area (Å²) in [6.45, 7) is -2.64. The van der Waals surface area contributed by atoms with Gasteiger partial charge < -0.3 is 76.5 Å². The largest absolute Gasteiger partial charge is 2.00 e. The fourth-order valence-corrected chi connectivity index (χ4v) is 18.8. The van der Waals surface area contributed by atoms with E-state index in [0.717, 1.165) is 197 Å². The van der Waals surface area contributed by atoms with Crippen LogP contribution in [-0.2, 0) is 84.3 Å². The van der Waals surface area contributed by atoms with Crippen molar-refractivity contribution in [2.45, 2.75) is 20.6 Å². The predicted molar refractivity (Wildman–Crippen MR) is 568 cm³/mol. The molecule has 16 nitrogen and oxygen atoms in total. The summed E-state index contributed by atoms with van der Waals surface area (Å²) in [5.74, 6) is 4.29. The summed E-state index contributed by atoms with van der Waals surface area (Å²) in [7, 11) is 0. The first-order valence-corrected chi connectivity index (χ1v) is 46.2. The van der Waals surface area contributed by atoms with Gasteiger partial charge in [-0.15, -0.1) is 117 Å². The molecule has 0 unspecified atom stereocenters. The molecule has 12 aromatic heterocycles. The first kappa shape index (κ1) is 88.2. The van der Waals surface area contributed by atoms with E-state index in [4.69, 9.17) is 44.8 Å². The van der Waals surface area contributed by atoms with Crippen LogP contribution in [0, 0.1) is 69.2 Å². The number of aromatic nitrogens is 8. The quantitative estimate of drug-likeness (QED) is 0.0827. The van der Waals surface area contributed by atoms with E-state index >= 15 is 0 Å². The van der Waals surface area contributed by atoms with Crippen molar-refractivity contribution < 1.29 is 129 Å². The third-order valence-corrected chi connectivity index (χ3v) is 25.5. The number of rotatable bonds is 12. The Morgan fingerprint density at radius 2 is 0.551 bits per heavy atom. The zero-order valence-electron chi connectivity index (χ0n) is 83.0. The molecule has 0 aliphatic rings. The molecular formula is C127H72N8O8Pt4. The molecule has 29 aromatic rings. The number of furan rings is 4. The molecule has 0 saturated heterocycles. The average molecular weight is 2620 g/mol. The number of hydrogen-bond donors (Lipinski definition) is 0. The second-order valence-electron chi connectivity index (χ2n) is 34.4. The van der Waals surface area contributed by atoms with E-state index in [9.17, 15) is 0 Å². The van der Waals surface area contributed by atoms with Gasteiger partial charge in [0.05, 0.1) is 45.3 Å². The van der Waals surface area contributed by atoms with Crippen LogP contribution in [0.25, 0.3) is 230 Å². The Bertz CT molecular complexity index is 10500. The Morgan fingerprint density at radius 3 is 0.898 bits per heavy atom. The van der Waals surface area contributed by atoms with Crippen LogP contribution in [0.5, 0.6) is 46.0 Å². The van der Waals surface area contributed by atoms with Crippen LogP contribution in [-0.4, -0.2) is 39.9 Å². The molecule has 12 heterocycles. The second kappa shape index (κ2) is 40.6. The van der Waals surface area contributed by atoms with Gasteiger partial charge in [0.2, 0.25) is 0 Å². The minimum absolute atomic E-state index is 0. The number of hydrogen-bond acceptors (Lipinski definition) is 16. The van der Waals surface area contributed by atoms with Crippen molar-refractivity contribution in [3.05, 3.63) is 448 Å². The van der Waals surface area contributed by atoms with Gasteiger partial charge in [-0.2, -0.15) is 0 Å². The number of ether oxygens (including phenoxy) is 4. The van der Waals surface area contributed by atoms with Crippen LogP contribution in [0.4, 0.5) is 0 Å². The van der Waals surface area contributed by atoms with E-state index in [1.54, 1.807) is 56.1 Å². The molecule has 0 aliphatic carbocycles. The van der Waals surface area contributed by atoms with Crippen molar-refractivity contribution in [3.8, 4) is 91.0 Å². The van der Waals surface area contributed by atoms with Crippen molar-refractivity contribution in [2.75, 3.05) is 0 Å². The molecule has 0 aliphatic heterocycles. The van der Waals surface area contributed by atoms with Gasteiger partial charge in [0.15, 0.2) is 0 Å². The number of benzene rings is 17. The molecule has 147 heavy (non-hydrogen) atoms.